The van der Waals surface area contributed by atoms with Gasteiger partial charge in [0, 0.05) is 23.5 Å². The molecule has 4 nitrogen and oxygen atoms in total. The zero-order valence-corrected chi connectivity index (χ0v) is 11.7. The van der Waals surface area contributed by atoms with E-state index in [1.807, 2.05) is 6.20 Å². The number of hydrogen-bond acceptors (Lipinski definition) is 4. The molecule has 1 fully saturated rings. The van der Waals surface area contributed by atoms with Gasteiger partial charge in [-0.25, -0.2) is 4.98 Å². The standard InChI is InChI=1S/C13H21N3OS/c1-2-11-8-16-13(18-11)9-15-12(17)6-5-10-4-3-7-14-10/h8,10,14H,2-7,9H2,1H3,(H,15,17). The lowest BCUT2D eigenvalue weighted by Crippen LogP contribution is -2.27. The van der Waals surface area contributed by atoms with Crippen molar-refractivity contribution < 1.29 is 4.79 Å². The molecule has 1 saturated heterocycles. The smallest absolute Gasteiger partial charge is 0.220 e. The van der Waals surface area contributed by atoms with Crippen LogP contribution in [0.2, 0.25) is 0 Å². The van der Waals surface area contributed by atoms with Crippen molar-refractivity contribution in [2.24, 2.45) is 0 Å². The summed E-state index contributed by atoms with van der Waals surface area (Å²) in [7, 11) is 0. The lowest BCUT2D eigenvalue weighted by atomic mass is 10.1. The van der Waals surface area contributed by atoms with Crippen LogP contribution in [0.15, 0.2) is 6.20 Å². The summed E-state index contributed by atoms with van der Waals surface area (Å²) in [6.07, 6.45) is 6.92. The average Bonchev–Trinajstić information content (AvgIpc) is 3.04. The molecular weight excluding hydrogens is 246 g/mol. The first-order valence-electron chi connectivity index (χ1n) is 6.71. The van der Waals surface area contributed by atoms with Gasteiger partial charge < -0.3 is 10.6 Å². The van der Waals surface area contributed by atoms with Crippen LogP contribution in [0.25, 0.3) is 0 Å². The zero-order valence-electron chi connectivity index (χ0n) is 10.9. The number of rotatable bonds is 6. The van der Waals surface area contributed by atoms with Gasteiger partial charge in [-0.3, -0.25) is 4.79 Å². The van der Waals surface area contributed by atoms with Gasteiger partial charge in [-0.2, -0.15) is 0 Å². The Morgan fingerprint density at radius 1 is 1.67 bits per heavy atom. The van der Waals surface area contributed by atoms with E-state index >= 15 is 0 Å². The summed E-state index contributed by atoms with van der Waals surface area (Å²) in [6.45, 7) is 3.79. The molecule has 5 heteroatoms. The topological polar surface area (TPSA) is 54.0 Å². The number of aryl methyl sites for hydroxylation is 1. The van der Waals surface area contributed by atoms with Crippen molar-refractivity contribution in [3.05, 3.63) is 16.1 Å². The SMILES string of the molecule is CCc1cnc(CNC(=O)CCC2CCCN2)s1. The van der Waals surface area contributed by atoms with E-state index in [9.17, 15) is 4.79 Å². The first-order valence-corrected chi connectivity index (χ1v) is 7.53. The number of carbonyl (C=O) groups excluding carboxylic acids is 1. The van der Waals surface area contributed by atoms with E-state index in [1.165, 1.54) is 17.7 Å². The van der Waals surface area contributed by atoms with E-state index in [0.29, 0.717) is 19.0 Å². The van der Waals surface area contributed by atoms with Gasteiger partial charge in [0.25, 0.3) is 0 Å². The minimum atomic E-state index is 0.136. The van der Waals surface area contributed by atoms with Gasteiger partial charge in [-0.15, -0.1) is 11.3 Å². The molecule has 2 heterocycles. The normalized spacial score (nSPS) is 19.1. The summed E-state index contributed by atoms with van der Waals surface area (Å²) in [5.74, 6) is 0.136. The maximum Gasteiger partial charge on any atom is 0.220 e. The molecule has 0 spiro atoms. The highest BCUT2D eigenvalue weighted by Gasteiger charge is 2.15. The summed E-state index contributed by atoms with van der Waals surface area (Å²) in [5, 5.41) is 7.35. The molecular formula is C13H21N3OS. The average molecular weight is 267 g/mol. The number of aromatic nitrogens is 1. The van der Waals surface area contributed by atoms with Crippen molar-refractivity contribution >= 4 is 17.2 Å². The third kappa shape index (κ3) is 4.07. The highest BCUT2D eigenvalue weighted by molar-refractivity contribution is 7.11. The Morgan fingerprint density at radius 3 is 3.22 bits per heavy atom. The van der Waals surface area contributed by atoms with Crippen molar-refractivity contribution in [3.8, 4) is 0 Å². The summed E-state index contributed by atoms with van der Waals surface area (Å²) in [6, 6.07) is 0.544. The molecule has 0 radical (unpaired) electrons. The first-order chi connectivity index (χ1) is 8.78. The summed E-state index contributed by atoms with van der Waals surface area (Å²) >= 11 is 1.68. The number of nitrogens with one attached hydrogen (secondary N) is 2. The van der Waals surface area contributed by atoms with E-state index in [-0.39, 0.29) is 5.91 Å². The van der Waals surface area contributed by atoms with Gasteiger partial charge in [0.2, 0.25) is 5.91 Å². The summed E-state index contributed by atoms with van der Waals surface area (Å²) < 4.78 is 0. The van der Waals surface area contributed by atoms with E-state index in [2.05, 4.69) is 22.5 Å². The molecule has 1 unspecified atom stereocenters. The van der Waals surface area contributed by atoms with E-state index in [1.54, 1.807) is 11.3 Å². The zero-order chi connectivity index (χ0) is 12.8. The lowest BCUT2D eigenvalue weighted by Gasteiger charge is -2.09. The number of carbonyl (C=O) groups is 1. The Balaban J connectivity index is 1.64. The van der Waals surface area contributed by atoms with Crippen LogP contribution in [-0.2, 0) is 17.8 Å². The van der Waals surface area contributed by atoms with Crippen LogP contribution in [0.1, 0.15) is 42.5 Å². The highest BCUT2D eigenvalue weighted by Crippen LogP contribution is 2.13. The van der Waals surface area contributed by atoms with Crippen LogP contribution in [0, 0.1) is 0 Å². The molecule has 100 valence electrons. The van der Waals surface area contributed by atoms with Gasteiger partial charge in [-0.1, -0.05) is 6.92 Å². The number of thiazole rings is 1. The van der Waals surface area contributed by atoms with Crippen LogP contribution in [0.4, 0.5) is 0 Å². The van der Waals surface area contributed by atoms with Crippen molar-refractivity contribution in [2.45, 2.75) is 51.6 Å². The highest BCUT2D eigenvalue weighted by atomic mass is 32.1. The van der Waals surface area contributed by atoms with Crippen molar-refractivity contribution in [3.63, 3.8) is 0 Å². The Bertz CT molecular complexity index is 385. The second kappa shape index (κ2) is 6.85. The second-order valence-electron chi connectivity index (χ2n) is 4.68. The minimum absolute atomic E-state index is 0.136. The van der Waals surface area contributed by atoms with Gasteiger partial charge in [0.05, 0.1) is 6.54 Å². The van der Waals surface area contributed by atoms with Crippen LogP contribution in [0.5, 0.6) is 0 Å². The Morgan fingerprint density at radius 2 is 2.56 bits per heavy atom. The predicted molar refractivity (Wildman–Crippen MR) is 73.6 cm³/mol. The molecule has 0 aromatic carbocycles. The number of amides is 1. The van der Waals surface area contributed by atoms with Gasteiger partial charge >= 0.3 is 0 Å². The predicted octanol–water partition coefficient (Wildman–Crippen LogP) is 1.85. The van der Waals surface area contributed by atoms with Crippen molar-refractivity contribution in [1.82, 2.24) is 15.6 Å². The van der Waals surface area contributed by atoms with E-state index in [4.69, 9.17) is 0 Å². The molecule has 1 aromatic heterocycles. The van der Waals surface area contributed by atoms with Crippen LogP contribution < -0.4 is 10.6 Å². The molecule has 0 aliphatic carbocycles. The molecule has 1 amide bonds. The fourth-order valence-corrected chi connectivity index (χ4v) is 2.97. The summed E-state index contributed by atoms with van der Waals surface area (Å²) in [5.41, 5.74) is 0. The summed E-state index contributed by atoms with van der Waals surface area (Å²) in [4.78, 5) is 17.2. The molecule has 0 bridgehead atoms. The Labute approximate surface area is 112 Å². The second-order valence-corrected chi connectivity index (χ2v) is 5.88. The fourth-order valence-electron chi connectivity index (χ4n) is 2.16. The van der Waals surface area contributed by atoms with Crippen molar-refractivity contribution in [1.29, 1.82) is 0 Å². The molecule has 1 aliphatic rings. The largest absolute Gasteiger partial charge is 0.350 e. The molecule has 2 rings (SSSR count). The van der Waals surface area contributed by atoms with Crippen LogP contribution >= 0.6 is 11.3 Å². The lowest BCUT2D eigenvalue weighted by molar-refractivity contribution is -0.121. The third-order valence-corrected chi connectivity index (χ3v) is 4.41. The van der Waals surface area contributed by atoms with Gasteiger partial charge in [-0.05, 0) is 32.2 Å². The molecule has 0 saturated carbocycles. The first kappa shape index (κ1) is 13.5. The fraction of sp³-hybridized carbons (Fsp3) is 0.692. The van der Waals surface area contributed by atoms with Crippen molar-refractivity contribution in [2.75, 3.05) is 6.54 Å². The third-order valence-electron chi connectivity index (χ3n) is 3.27. The molecule has 2 N–H and O–H groups in total. The Hall–Kier alpha value is -0.940. The monoisotopic (exact) mass is 267 g/mol. The molecule has 18 heavy (non-hydrogen) atoms. The molecule has 1 atom stereocenters. The Kier molecular flexibility index (Phi) is 5.13. The van der Waals surface area contributed by atoms with E-state index < -0.39 is 0 Å². The van der Waals surface area contributed by atoms with Crippen LogP contribution in [-0.4, -0.2) is 23.5 Å². The number of nitrogens with zero attached hydrogens (tertiary/aromatic N) is 1. The van der Waals surface area contributed by atoms with Gasteiger partial charge in [0.1, 0.15) is 5.01 Å². The molecule has 1 aliphatic heterocycles. The van der Waals surface area contributed by atoms with E-state index in [0.717, 1.165) is 24.4 Å². The van der Waals surface area contributed by atoms with Crippen LogP contribution in [0.3, 0.4) is 0 Å². The maximum atomic E-state index is 11.7. The quantitative estimate of drug-likeness (QED) is 0.827. The minimum Gasteiger partial charge on any atom is -0.350 e. The molecule has 1 aromatic rings. The van der Waals surface area contributed by atoms with Gasteiger partial charge in [0.15, 0.2) is 0 Å². The maximum absolute atomic E-state index is 11.7. The number of hydrogen-bond donors (Lipinski definition) is 2.